The first-order valence-corrected chi connectivity index (χ1v) is 18.8. The predicted octanol–water partition coefficient (Wildman–Crippen LogP) is 2.71. The number of nitrogens with one attached hydrogen (secondary N) is 2. The van der Waals surface area contributed by atoms with Crippen LogP contribution in [0.4, 0.5) is 5.69 Å². The zero-order chi connectivity index (χ0) is 36.7. The van der Waals surface area contributed by atoms with Crippen LogP contribution in [0.25, 0.3) is 11.1 Å². The third-order valence-corrected chi connectivity index (χ3v) is 12.1. The molecule has 3 saturated carbocycles. The lowest BCUT2D eigenvalue weighted by molar-refractivity contribution is -0.183. The van der Waals surface area contributed by atoms with E-state index in [0.717, 1.165) is 6.42 Å². The SMILES string of the molecule is COc1c(CN2O[C@@H](CO)[C@@H]([C@H](C)O)[C@H]2C(=O)N[C@H]2C[C@@H]3C[C@@H]([C@@H]2C)C3(C)C)cccc1-c1cc(C(=O)NCCS(=O)(=O)O)cc(N(C)C)c1. The molecular formula is C36H52N4O9S. The first-order valence-electron chi connectivity index (χ1n) is 17.2. The third-order valence-electron chi connectivity index (χ3n) is 11.3. The molecule has 4 aliphatic rings. The van der Waals surface area contributed by atoms with Crippen LogP contribution < -0.4 is 20.3 Å². The van der Waals surface area contributed by atoms with Crippen LogP contribution in [0.3, 0.4) is 0 Å². The van der Waals surface area contributed by atoms with Gasteiger partial charge in [0.25, 0.3) is 16.0 Å². The Hall–Kier alpha value is -3.27. The van der Waals surface area contributed by atoms with Gasteiger partial charge in [-0.15, -0.1) is 0 Å². The number of ether oxygens (including phenoxy) is 1. The maximum atomic E-state index is 14.1. The van der Waals surface area contributed by atoms with E-state index in [9.17, 15) is 28.2 Å². The molecule has 0 aromatic heterocycles. The highest BCUT2D eigenvalue weighted by Gasteiger charge is 2.57. The standard InChI is InChI=1S/C36H52N4O9S/c1-20-28-16-25(36(28,3)4)17-29(20)38-35(44)32-31(21(2)42)30(19-41)49-40(32)18-22-9-8-10-27(33(22)48-7)23-13-24(15-26(14-23)39(5)6)34(43)37-11-12-50(45,46)47/h8-10,13-15,20-21,25,28-32,41-42H,11-12,16-19H2,1-7H3,(H,37,43)(H,38,44)(H,45,46,47)/t20-,21-,25-,28-,29-,30-,31+,32-/m0/s1. The van der Waals surface area contributed by atoms with Crippen LogP contribution in [0, 0.1) is 29.1 Å². The second-order valence-electron chi connectivity index (χ2n) is 14.9. The van der Waals surface area contributed by atoms with Gasteiger partial charge in [0, 0.05) is 55.0 Å². The first-order chi connectivity index (χ1) is 23.5. The van der Waals surface area contributed by atoms with E-state index < -0.39 is 45.9 Å². The number of carbonyl (C=O) groups is 2. The van der Waals surface area contributed by atoms with Crippen molar-refractivity contribution in [3.05, 3.63) is 47.5 Å². The molecule has 0 unspecified atom stereocenters. The Morgan fingerprint density at radius 2 is 1.90 bits per heavy atom. The van der Waals surface area contributed by atoms with E-state index in [-0.39, 0.29) is 42.6 Å². The molecule has 4 fully saturated rings. The van der Waals surface area contributed by atoms with Gasteiger partial charge in [-0.1, -0.05) is 39.0 Å². The highest BCUT2D eigenvalue weighted by Crippen LogP contribution is 2.61. The minimum Gasteiger partial charge on any atom is -0.496 e. The van der Waals surface area contributed by atoms with E-state index in [2.05, 4.69) is 31.4 Å². The zero-order valence-corrected chi connectivity index (χ0v) is 30.7. The number of hydrogen-bond donors (Lipinski definition) is 5. The van der Waals surface area contributed by atoms with Crippen molar-refractivity contribution in [1.82, 2.24) is 15.7 Å². The van der Waals surface area contributed by atoms with Gasteiger partial charge in [-0.25, -0.2) is 0 Å². The van der Waals surface area contributed by atoms with Crippen LogP contribution in [0.2, 0.25) is 0 Å². The van der Waals surface area contributed by atoms with Gasteiger partial charge in [0.05, 0.1) is 32.1 Å². The number of anilines is 1. The molecule has 276 valence electrons. The molecule has 2 aromatic carbocycles. The molecule has 13 nitrogen and oxygen atoms in total. The topological polar surface area (TPSA) is 178 Å². The summed E-state index contributed by atoms with van der Waals surface area (Å²) in [5.41, 5.74) is 3.22. The van der Waals surface area contributed by atoms with Gasteiger partial charge in [0.15, 0.2) is 0 Å². The fourth-order valence-electron chi connectivity index (χ4n) is 8.38. The minimum atomic E-state index is -4.24. The van der Waals surface area contributed by atoms with Gasteiger partial charge in [-0.3, -0.25) is 19.0 Å². The van der Waals surface area contributed by atoms with Crippen LogP contribution in [0.1, 0.15) is 56.5 Å². The molecule has 1 heterocycles. The van der Waals surface area contributed by atoms with Crippen LogP contribution in [-0.2, 0) is 26.3 Å². The highest BCUT2D eigenvalue weighted by atomic mass is 32.2. The maximum absolute atomic E-state index is 14.1. The number of methoxy groups -OCH3 is 1. The van der Waals surface area contributed by atoms with Crippen molar-refractivity contribution in [2.75, 3.05) is 45.0 Å². The summed E-state index contributed by atoms with van der Waals surface area (Å²) in [7, 11) is 0.948. The summed E-state index contributed by atoms with van der Waals surface area (Å²) in [5.74, 6) is -0.200. The quantitative estimate of drug-likeness (QED) is 0.193. The monoisotopic (exact) mass is 716 g/mol. The molecule has 1 saturated heterocycles. The van der Waals surface area contributed by atoms with Gasteiger partial charge in [-0.05, 0) is 66.7 Å². The summed E-state index contributed by atoms with van der Waals surface area (Å²) < 4.78 is 37.3. The summed E-state index contributed by atoms with van der Waals surface area (Å²) in [6.45, 7) is 7.89. The van der Waals surface area contributed by atoms with Crippen LogP contribution >= 0.6 is 0 Å². The van der Waals surface area contributed by atoms with E-state index in [1.165, 1.54) is 18.6 Å². The number of amides is 2. The minimum absolute atomic E-state index is 0.00484. The Bertz CT molecular complexity index is 1680. The second-order valence-corrected chi connectivity index (χ2v) is 16.5. The molecule has 0 spiro atoms. The number of para-hydroxylation sites is 1. The third kappa shape index (κ3) is 7.65. The van der Waals surface area contributed by atoms with E-state index >= 15 is 0 Å². The lowest BCUT2D eigenvalue weighted by Gasteiger charge is -2.62. The molecule has 2 bridgehead atoms. The summed E-state index contributed by atoms with van der Waals surface area (Å²) in [6.07, 6.45) is 0.341. The van der Waals surface area contributed by atoms with Crippen LogP contribution in [0.15, 0.2) is 36.4 Å². The average molecular weight is 717 g/mol. The molecule has 14 heteroatoms. The van der Waals surface area contributed by atoms with Crippen LogP contribution in [-0.4, -0.2) is 104 Å². The van der Waals surface area contributed by atoms with Crippen molar-refractivity contribution in [2.24, 2.45) is 29.1 Å². The number of hydrogen-bond acceptors (Lipinski definition) is 10. The molecule has 0 radical (unpaired) electrons. The Labute approximate surface area is 295 Å². The Balaban J connectivity index is 1.44. The van der Waals surface area contributed by atoms with Crippen molar-refractivity contribution in [3.63, 3.8) is 0 Å². The molecule has 8 atom stereocenters. The van der Waals surface area contributed by atoms with Crippen molar-refractivity contribution >= 4 is 27.6 Å². The molecule has 1 aliphatic heterocycles. The molecular weight excluding hydrogens is 664 g/mol. The fourth-order valence-corrected chi connectivity index (χ4v) is 8.74. The van der Waals surface area contributed by atoms with E-state index in [0.29, 0.717) is 45.9 Å². The lowest BCUT2D eigenvalue weighted by atomic mass is 9.45. The molecule has 5 N–H and O–H groups in total. The summed E-state index contributed by atoms with van der Waals surface area (Å²) >= 11 is 0. The number of rotatable bonds is 13. The van der Waals surface area contributed by atoms with Crippen LogP contribution in [0.5, 0.6) is 5.75 Å². The Morgan fingerprint density at radius 3 is 2.48 bits per heavy atom. The van der Waals surface area contributed by atoms with Gasteiger partial charge in [0.1, 0.15) is 17.9 Å². The van der Waals surface area contributed by atoms with E-state index in [4.69, 9.17) is 14.1 Å². The summed E-state index contributed by atoms with van der Waals surface area (Å²) in [6, 6.07) is 9.89. The van der Waals surface area contributed by atoms with E-state index in [1.807, 2.05) is 43.3 Å². The maximum Gasteiger partial charge on any atom is 0.266 e. The van der Waals surface area contributed by atoms with Gasteiger partial charge < -0.3 is 30.5 Å². The highest BCUT2D eigenvalue weighted by molar-refractivity contribution is 7.85. The second kappa shape index (κ2) is 14.8. The molecule has 50 heavy (non-hydrogen) atoms. The van der Waals surface area contributed by atoms with Gasteiger partial charge >= 0.3 is 0 Å². The molecule has 2 amide bonds. The van der Waals surface area contributed by atoms with Gasteiger partial charge in [0.2, 0.25) is 5.91 Å². The Kier molecular flexibility index (Phi) is 11.2. The smallest absolute Gasteiger partial charge is 0.266 e. The lowest BCUT2D eigenvalue weighted by Crippen LogP contribution is -2.62. The predicted molar refractivity (Wildman–Crippen MR) is 189 cm³/mol. The zero-order valence-electron chi connectivity index (χ0n) is 29.9. The number of carbonyl (C=O) groups excluding carboxylic acids is 2. The number of aliphatic hydroxyl groups excluding tert-OH is 2. The number of nitrogens with zero attached hydrogens (tertiary/aromatic N) is 2. The van der Waals surface area contributed by atoms with Crippen molar-refractivity contribution in [1.29, 1.82) is 0 Å². The molecule has 3 aliphatic carbocycles. The van der Waals surface area contributed by atoms with E-state index in [1.54, 1.807) is 19.1 Å². The molecule has 2 aromatic rings. The van der Waals surface area contributed by atoms with Crippen molar-refractivity contribution < 1.29 is 42.3 Å². The van der Waals surface area contributed by atoms with Gasteiger partial charge in [-0.2, -0.15) is 13.5 Å². The number of benzene rings is 2. The fraction of sp³-hybridized carbons (Fsp3) is 0.611. The summed E-state index contributed by atoms with van der Waals surface area (Å²) in [5, 5.41) is 28.5. The summed E-state index contributed by atoms with van der Waals surface area (Å²) in [4.78, 5) is 35.2. The largest absolute Gasteiger partial charge is 0.496 e. The Morgan fingerprint density at radius 1 is 1.18 bits per heavy atom. The number of fused-ring (bicyclic) bond motifs is 2. The van der Waals surface area contributed by atoms with Crippen molar-refractivity contribution in [2.45, 2.75) is 71.4 Å². The molecule has 6 rings (SSSR count). The first kappa shape index (κ1) is 38.0. The average Bonchev–Trinajstić information content (AvgIpc) is 3.43. The van der Waals surface area contributed by atoms with Crippen molar-refractivity contribution in [3.8, 4) is 16.9 Å². The normalized spacial score (nSPS) is 28.0. The number of aliphatic hydroxyl groups is 2. The number of hydroxylamine groups is 2.